The predicted octanol–water partition coefficient (Wildman–Crippen LogP) is 10.7. The first-order valence-corrected chi connectivity index (χ1v) is 13.8. The van der Waals surface area contributed by atoms with Crippen molar-refractivity contribution >= 4 is 53.3 Å². The number of H-pyrrole nitrogens is 1. The molecule has 178 valence electrons. The molecule has 2 heterocycles. The first-order valence-electron chi connectivity index (χ1n) is 12.9. The van der Waals surface area contributed by atoms with Crippen molar-refractivity contribution in [3.05, 3.63) is 133 Å². The lowest BCUT2D eigenvalue weighted by molar-refractivity contribution is 1.53. The van der Waals surface area contributed by atoms with Crippen LogP contribution in [0.1, 0.15) is 0 Å². The first-order chi connectivity index (χ1) is 18.8. The van der Waals surface area contributed by atoms with E-state index in [9.17, 15) is 0 Å². The Kier molecular flexibility index (Phi) is 4.76. The Bertz CT molecular complexity index is 2130. The van der Waals surface area contributed by atoms with E-state index in [0.29, 0.717) is 0 Å². The van der Waals surface area contributed by atoms with Crippen LogP contribution in [0.3, 0.4) is 0 Å². The highest BCUT2D eigenvalue weighted by molar-refractivity contribution is 7.25. The van der Waals surface area contributed by atoms with E-state index < -0.39 is 0 Å². The Morgan fingerprint density at radius 1 is 0.395 bits per heavy atom. The standard InChI is InChI=1S/C36H23NS/c1-2-8-23(9-3-1)25-16-18-33-31(21-25)30-14-7-13-28(36(30)37-33)27-11-6-10-24(20-27)26-17-19-35-32(22-26)29-12-4-5-15-34(29)38-35/h1-22,37H. The van der Waals surface area contributed by atoms with Gasteiger partial charge in [-0.25, -0.2) is 0 Å². The van der Waals surface area contributed by atoms with Gasteiger partial charge in [0, 0.05) is 42.0 Å². The maximum atomic E-state index is 3.73. The van der Waals surface area contributed by atoms with Crippen LogP contribution in [0.2, 0.25) is 0 Å². The quantitative estimate of drug-likeness (QED) is 0.248. The van der Waals surface area contributed by atoms with Crippen LogP contribution in [0.25, 0.3) is 75.4 Å². The molecule has 0 spiro atoms. The summed E-state index contributed by atoms with van der Waals surface area (Å²) in [7, 11) is 0. The van der Waals surface area contributed by atoms with Crippen molar-refractivity contribution in [3.63, 3.8) is 0 Å². The molecule has 1 N–H and O–H groups in total. The second-order valence-corrected chi connectivity index (χ2v) is 11.0. The largest absolute Gasteiger partial charge is 0.354 e. The highest BCUT2D eigenvalue weighted by Gasteiger charge is 2.12. The van der Waals surface area contributed by atoms with Gasteiger partial charge < -0.3 is 4.98 Å². The van der Waals surface area contributed by atoms with E-state index in [1.807, 2.05) is 11.3 Å². The van der Waals surface area contributed by atoms with Crippen molar-refractivity contribution in [1.29, 1.82) is 0 Å². The minimum absolute atomic E-state index is 1.16. The average Bonchev–Trinajstić information content (AvgIpc) is 3.55. The summed E-state index contributed by atoms with van der Waals surface area (Å²) in [6, 6.07) is 48.5. The molecule has 1 nitrogen and oxygen atoms in total. The molecule has 0 aliphatic rings. The number of aromatic amines is 1. The molecule has 0 unspecified atom stereocenters. The first kappa shape index (κ1) is 21.4. The van der Waals surface area contributed by atoms with Crippen molar-refractivity contribution in [2.45, 2.75) is 0 Å². The van der Waals surface area contributed by atoms with E-state index in [4.69, 9.17) is 0 Å². The summed E-state index contributed by atoms with van der Waals surface area (Å²) in [5.41, 5.74) is 9.76. The van der Waals surface area contributed by atoms with E-state index in [1.165, 1.54) is 69.8 Å². The van der Waals surface area contributed by atoms with E-state index in [2.05, 4.69) is 138 Å². The lowest BCUT2D eigenvalue weighted by Crippen LogP contribution is -1.83. The topological polar surface area (TPSA) is 15.8 Å². The smallest absolute Gasteiger partial charge is 0.0544 e. The van der Waals surface area contributed by atoms with Crippen LogP contribution in [0.15, 0.2) is 133 Å². The summed E-state index contributed by atoms with van der Waals surface area (Å²) in [5.74, 6) is 0. The fourth-order valence-corrected chi connectivity index (χ4v) is 6.83. The van der Waals surface area contributed by atoms with Crippen molar-refractivity contribution in [3.8, 4) is 33.4 Å². The summed E-state index contributed by atoms with van der Waals surface area (Å²) in [5, 5.41) is 5.18. The molecule has 38 heavy (non-hydrogen) atoms. The molecule has 0 aliphatic heterocycles. The molecule has 0 radical (unpaired) electrons. The van der Waals surface area contributed by atoms with Gasteiger partial charge in [0.25, 0.3) is 0 Å². The lowest BCUT2D eigenvalue weighted by atomic mass is 9.96. The fraction of sp³-hybridized carbons (Fsp3) is 0. The Morgan fingerprint density at radius 3 is 2.00 bits per heavy atom. The SMILES string of the molecule is c1ccc(-c2ccc3[nH]c4c(-c5cccc(-c6ccc7sc8ccccc8c7c6)c5)cccc4c3c2)cc1. The molecule has 0 fully saturated rings. The summed E-state index contributed by atoms with van der Waals surface area (Å²) in [4.78, 5) is 3.73. The maximum Gasteiger partial charge on any atom is 0.0544 e. The van der Waals surface area contributed by atoms with Gasteiger partial charge in [-0.05, 0) is 64.2 Å². The van der Waals surface area contributed by atoms with Crippen LogP contribution in [-0.2, 0) is 0 Å². The maximum absolute atomic E-state index is 3.73. The predicted molar refractivity (Wildman–Crippen MR) is 165 cm³/mol. The molecular formula is C36H23NS. The Labute approximate surface area is 224 Å². The Balaban J connectivity index is 1.26. The number of para-hydroxylation sites is 1. The van der Waals surface area contributed by atoms with Crippen molar-refractivity contribution < 1.29 is 0 Å². The molecular weight excluding hydrogens is 478 g/mol. The molecule has 2 aromatic heterocycles. The average molecular weight is 502 g/mol. The van der Waals surface area contributed by atoms with Gasteiger partial charge in [0.05, 0.1) is 5.52 Å². The van der Waals surface area contributed by atoms with E-state index >= 15 is 0 Å². The van der Waals surface area contributed by atoms with Gasteiger partial charge in [-0.3, -0.25) is 0 Å². The van der Waals surface area contributed by atoms with E-state index in [0.717, 1.165) is 5.52 Å². The summed E-state index contributed by atoms with van der Waals surface area (Å²) in [6.07, 6.45) is 0. The molecule has 0 amide bonds. The highest BCUT2D eigenvalue weighted by atomic mass is 32.1. The van der Waals surface area contributed by atoms with Gasteiger partial charge in [0.15, 0.2) is 0 Å². The molecule has 6 aromatic carbocycles. The third kappa shape index (κ3) is 3.38. The van der Waals surface area contributed by atoms with Crippen LogP contribution < -0.4 is 0 Å². The number of hydrogen-bond donors (Lipinski definition) is 1. The molecule has 2 heteroatoms. The molecule has 8 aromatic rings. The molecule has 0 saturated carbocycles. The third-order valence-electron chi connectivity index (χ3n) is 7.62. The minimum atomic E-state index is 1.16. The zero-order valence-corrected chi connectivity index (χ0v) is 21.4. The molecule has 0 bridgehead atoms. The van der Waals surface area contributed by atoms with Crippen LogP contribution in [0, 0.1) is 0 Å². The fourth-order valence-electron chi connectivity index (χ4n) is 5.74. The molecule has 0 aliphatic carbocycles. The normalized spacial score (nSPS) is 11.7. The van der Waals surface area contributed by atoms with E-state index in [-0.39, 0.29) is 0 Å². The number of hydrogen-bond acceptors (Lipinski definition) is 1. The number of aromatic nitrogens is 1. The molecule has 0 atom stereocenters. The second-order valence-electron chi connectivity index (χ2n) is 9.87. The van der Waals surface area contributed by atoms with Crippen LogP contribution >= 0.6 is 11.3 Å². The summed E-state index contributed by atoms with van der Waals surface area (Å²) < 4.78 is 2.68. The second kappa shape index (κ2) is 8.44. The number of rotatable bonds is 3. The van der Waals surface area contributed by atoms with Crippen molar-refractivity contribution in [2.24, 2.45) is 0 Å². The van der Waals surface area contributed by atoms with Crippen molar-refractivity contribution in [1.82, 2.24) is 4.98 Å². The number of nitrogens with one attached hydrogen (secondary N) is 1. The number of fused-ring (bicyclic) bond motifs is 6. The van der Waals surface area contributed by atoms with Crippen molar-refractivity contribution in [2.75, 3.05) is 0 Å². The zero-order chi connectivity index (χ0) is 25.1. The monoisotopic (exact) mass is 501 g/mol. The van der Waals surface area contributed by atoms with Gasteiger partial charge in [-0.2, -0.15) is 0 Å². The van der Waals surface area contributed by atoms with Crippen LogP contribution in [-0.4, -0.2) is 4.98 Å². The lowest BCUT2D eigenvalue weighted by Gasteiger charge is -2.08. The minimum Gasteiger partial charge on any atom is -0.354 e. The third-order valence-corrected chi connectivity index (χ3v) is 8.78. The zero-order valence-electron chi connectivity index (χ0n) is 20.6. The number of benzene rings is 6. The van der Waals surface area contributed by atoms with Gasteiger partial charge in [-0.1, -0.05) is 97.1 Å². The molecule has 8 rings (SSSR count). The van der Waals surface area contributed by atoms with Gasteiger partial charge in [0.2, 0.25) is 0 Å². The Morgan fingerprint density at radius 2 is 1.05 bits per heavy atom. The van der Waals surface area contributed by atoms with Gasteiger partial charge >= 0.3 is 0 Å². The van der Waals surface area contributed by atoms with Gasteiger partial charge in [0.1, 0.15) is 0 Å². The van der Waals surface area contributed by atoms with Crippen LogP contribution in [0.4, 0.5) is 0 Å². The molecule has 0 saturated heterocycles. The highest BCUT2D eigenvalue weighted by Crippen LogP contribution is 2.39. The number of thiophene rings is 1. The van der Waals surface area contributed by atoms with E-state index in [1.54, 1.807) is 0 Å². The van der Waals surface area contributed by atoms with Gasteiger partial charge in [-0.15, -0.1) is 11.3 Å². The summed E-state index contributed by atoms with van der Waals surface area (Å²) in [6.45, 7) is 0. The summed E-state index contributed by atoms with van der Waals surface area (Å²) >= 11 is 1.86. The Hall–Kier alpha value is -4.66. The van der Waals surface area contributed by atoms with Crippen LogP contribution in [0.5, 0.6) is 0 Å².